The Labute approximate surface area is 158 Å². The Morgan fingerprint density at radius 2 is 1.78 bits per heavy atom. The first-order valence-electron chi connectivity index (χ1n) is 8.73. The average Bonchev–Trinajstić information content (AvgIpc) is 2.69. The summed E-state index contributed by atoms with van der Waals surface area (Å²) in [5.41, 5.74) is 0.550. The number of carboxylic acid groups (broad SMARTS) is 1. The average molecular weight is 372 g/mol. The van der Waals surface area contributed by atoms with E-state index in [1.807, 2.05) is 18.2 Å². The second-order valence-electron chi connectivity index (χ2n) is 5.84. The lowest BCUT2D eigenvalue weighted by molar-refractivity contribution is -0.131. The van der Waals surface area contributed by atoms with Crippen LogP contribution in [-0.2, 0) is 4.79 Å². The van der Waals surface area contributed by atoms with Crippen molar-refractivity contribution < 1.29 is 29.6 Å². The molecule has 0 heterocycles. The van der Waals surface area contributed by atoms with Crippen LogP contribution in [0.2, 0.25) is 0 Å². The van der Waals surface area contributed by atoms with Gasteiger partial charge in [-0.05, 0) is 31.0 Å². The van der Waals surface area contributed by atoms with Crippen molar-refractivity contribution in [1.82, 2.24) is 0 Å². The predicted molar refractivity (Wildman–Crippen MR) is 101 cm³/mol. The van der Waals surface area contributed by atoms with Gasteiger partial charge >= 0.3 is 5.97 Å². The zero-order chi connectivity index (χ0) is 19.5. The number of ether oxygens (including phenoxy) is 2. The smallest absolute Gasteiger partial charge is 0.327 e. The molecule has 0 aliphatic carbocycles. The maximum Gasteiger partial charge on any atom is 0.327 e. The Balaban J connectivity index is 2.19. The van der Waals surface area contributed by atoms with Crippen LogP contribution in [-0.4, -0.2) is 40.6 Å². The molecule has 0 saturated carbocycles. The molecule has 0 radical (unpaired) electrons. The van der Waals surface area contributed by atoms with Gasteiger partial charge in [0.2, 0.25) is 0 Å². The number of carboxylic acids is 1. The molecule has 0 unspecified atom stereocenters. The summed E-state index contributed by atoms with van der Waals surface area (Å²) in [5, 5.41) is 28.6. The normalized spacial score (nSPS) is 13.3. The van der Waals surface area contributed by atoms with Gasteiger partial charge in [0.15, 0.2) is 0 Å². The fraction of sp³-hybridized carbons (Fsp3) is 0.286. The van der Waals surface area contributed by atoms with Crippen LogP contribution in [0, 0.1) is 0 Å². The SMILES string of the molecule is O=C(O)/C=C/CC[C@@H](Oc1ccccc1)[C@H](O)c1ccccc1OCCO. The molecule has 27 heavy (non-hydrogen) atoms. The number of aliphatic hydroxyl groups is 2. The number of allylic oxidation sites excluding steroid dienone is 1. The highest BCUT2D eigenvalue weighted by Crippen LogP contribution is 2.31. The topological polar surface area (TPSA) is 96.2 Å². The predicted octanol–water partition coefficient (Wildman–Crippen LogP) is 2.96. The van der Waals surface area contributed by atoms with E-state index in [-0.39, 0.29) is 13.2 Å². The Hall–Kier alpha value is -2.83. The van der Waals surface area contributed by atoms with Crippen LogP contribution < -0.4 is 9.47 Å². The number of hydrogen-bond acceptors (Lipinski definition) is 5. The van der Waals surface area contributed by atoms with Crippen molar-refractivity contribution in [1.29, 1.82) is 0 Å². The Morgan fingerprint density at radius 1 is 1.07 bits per heavy atom. The fourth-order valence-corrected chi connectivity index (χ4v) is 2.61. The Bertz CT molecular complexity index is 728. The molecule has 2 aromatic carbocycles. The third-order valence-electron chi connectivity index (χ3n) is 3.85. The molecular weight excluding hydrogens is 348 g/mol. The first-order chi connectivity index (χ1) is 13.1. The Morgan fingerprint density at radius 3 is 2.48 bits per heavy atom. The van der Waals surface area contributed by atoms with E-state index in [2.05, 4.69) is 0 Å². The number of hydrogen-bond donors (Lipinski definition) is 3. The molecule has 2 atom stereocenters. The van der Waals surface area contributed by atoms with E-state index in [0.29, 0.717) is 29.9 Å². The molecule has 0 amide bonds. The lowest BCUT2D eigenvalue weighted by Gasteiger charge is -2.25. The van der Waals surface area contributed by atoms with Crippen molar-refractivity contribution >= 4 is 5.97 Å². The number of benzene rings is 2. The van der Waals surface area contributed by atoms with E-state index >= 15 is 0 Å². The molecule has 2 rings (SSSR count). The molecule has 6 heteroatoms. The summed E-state index contributed by atoms with van der Waals surface area (Å²) in [6, 6.07) is 16.2. The summed E-state index contributed by atoms with van der Waals surface area (Å²) in [5.74, 6) is 0.0677. The molecule has 0 bridgehead atoms. The highest BCUT2D eigenvalue weighted by Gasteiger charge is 2.25. The van der Waals surface area contributed by atoms with Gasteiger partial charge in [-0.3, -0.25) is 0 Å². The van der Waals surface area contributed by atoms with Gasteiger partial charge in [-0.15, -0.1) is 0 Å². The lowest BCUT2D eigenvalue weighted by Crippen LogP contribution is -2.26. The second-order valence-corrected chi connectivity index (χ2v) is 5.84. The molecule has 0 fully saturated rings. The summed E-state index contributed by atoms with van der Waals surface area (Å²) in [6.45, 7) is -0.0103. The fourth-order valence-electron chi connectivity index (χ4n) is 2.61. The van der Waals surface area contributed by atoms with Gasteiger partial charge in [0.25, 0.3) is 0 Å². The summed E-state index contributed by atoms with van der Waals surface area (Å²) in [4.78, 5) is 10.6. The lowest BCUT2D eigenvalue weighted by atomic mass is 9.99. The molecule has 6 nitrogen and oxygen atoms in total. The van der Waals surface area contributed by atoms with E-state index < -0.39 is 18.2 Å². The number of para-hydroxylation sites is 2. The van der Waals surface area contributed by atoms with Gasteiger partial charge in [0, 0.05) is 11.6 Å². The van der Waals surface area contributed by atoms with E-state index in [4.69, 9.17) is 19.7 Å². The van der Waals surface area contributed by atoms with Crippen molar-refractivity contribution in [3.05, 3.63) is 72.3 Å². The van der Waals surface area contributed by atoms with Gasteiger partial charge in [0.05, 0.1) is 6.61 Å². The molecule has 0 aliphatic heterocycles. The zero-order valence-electron chi connectivity index (χ0n) is 14.9. The van der Waals surface area contributed by atoms with Crippen LogP contribution in [0.3, 0.4) is 0 Å². The first-order valence-corrected chi connectivity index (χ1v) is 8.73. The van der Waals surface area contributed by atoms with Crippen molar-refractivity contribution in [2.24, 2.45) is 0 Å². The third kappa shape index (κ3) is 6.77. The van der Waals surface area contributed by atoms with Crippen LogP contribution in [0.25, 0.3) is 0 Å². The van der Waals surface area contributed by atoms with Crippen molar-refractivity contribution in [3.8, 4) is 11.5 Å². The van der Waals surface area contributed by atoms with E-state index in [1.165, 1.54) is 6.08 Å². The summed E-state index contributed by atoms with van der Waals surface area (Å²) < 4.78 is 11.5. The van der Waals surface area contributed by atoms with E-state index in [1.54, 1.807) is 36.4 Å². The highest BCUT2D eigenvalue weighted by atomic mass is 16.5. The van der Waals surface area contributed by atoms with E-state index in [9.17, 15) is 9.90 Å². The largest absolute Gasteiger partial charge is 0.491 e. The van der Waals surface area contributed by atoms with Crippen molar-refractivity contribution in [2.45, 2.75) is 25.0 Å². The summed E-state index contributed by atoms with van der Waals surface area (Å²) in [7, 11) is 0. The number of carbonyl (C=O) groups is 1. The summed E-state index contributed by atoms with van der Waals surface area (Å²) >= 11 is 0. The molecule has 2 aromatic rings. The highest BCUT2D eigenvalue weighted by molar-refractivity contribution is 5.79. The van der Waals surface area contributed by atoms with Gasteiger partial charge in [-0.2, -0.15) is 0 Å². The first kappa shape index (κ1) is 20.5. The van der Waals surface area contributed by atoms with Crippen molar-refractivity contribution in [3.63, 3.8) is 0 Å². The molecule has 3 N–H and O–H groups in total. The third-order valence-corrected chi connectivity index (χ3v) is 3.85. The molecule has 0 spiro atoms. The van der Waals surface area contributed by atoms with Crippen LogP contribution in [0.4, 0.5) is 0 Å². The number of rotatable bonds is 11. The zero-order valence-corrected chi connectivity index (χ0v) is 14.9. The van der Waals surface area contributed by atoms with Gasteiger partial charge in [0.1, 0.15) is 30.3 Å². The molecule has 0 saturated heterocycles. The van der Waals surface area contributed by atoms with E-state index in [0.717, 1.165) is 6.08 Å². The molecule has 0 aromatic heterocycles. The molecular formula is C21H24O6. The summed E-state index contributed by atoms with van der Waals surface area (Å²) in [6.07, 6.45) is 1.85. The molecule has 144 valence electrons. The minimum Gasteiger partial charge on any atom is -0.491 e. The minimum atomic E-state index is -1.01. The number of aliphatic carboxylic acids is 1. The standard InChI is InChI=1S/C21H24O6/c22-14-15-26-18-11-5-4-10-17(18)21(25)19(12-6-7-13-20(23)24)27-16-8-2-1-3-9-16/h1-5,7-11,13,19,21-22,25H,6,12,14-15H2,(H,23,24)/b13-7+/t19-,21-/m1/s1. The number of aliphatic hydroxyl groups excluding tert-OH is 2. The van der Waals surface area contributed by atoms with Crippen LogP contribution in [0.15, 0.2) is 66.7 Å². The van der Waals surface area contributed by atoms with Crippen LogP contribution >= 0.6 is 0 Å². The Kier molecular flexibility index (Phi) is 8.35. The minimum absolute atomic E-state index is 0.120. The van der Waals surface area contributed by atoms with Crippen LogP contribution in [0.5, 0.6) is 11.5 Å². The van der Waals surface area contributed by atoms with Crippen LogP contribution in [0.1, 0.15) is 24.5 Å². The van der Waals surface area contributed by atoms with Gasteiger partial charge in [-0.25, -0.2) is 4.79 Å². The quantitative estimate of drug-likeness (QED) is 0.525. The van der Waals surface area contributed by atoms with Crippen molar-refractivity contribution in [2.75, 3.05) is 13.2 Å². The second kappa shape index (κ2) is 11.0. The molecule has 0 aliphatic rings. The maximum atomic E-state index is 10.9. The maximum absolute atomic E-state index is 10.9. The van der Waals surface area contributed by atoms with Gasteiger partial charge in [-0.1, -0.05) is 42.5 Å². The monoisotopic (exact) mass is 372 g/mol. The van der Waals surface area contributed by atoms with Gasteiger partial charge < -0.3 is 24.8 Å².